The Morgan fingerprint density at radius 2 is 2.05 bits per heavy atom. The van der Waals surface area contributed by atoms with E-state index in [1.165, 1.54) is 6.07 Å². The van der Waals surface area contributed by atoms with E-state index in [0.717, 1.165) is 4.90 Å². The van der Waals surface area contributed by atoms with Crippen LogP contribution in [0.1, 0.15) is 22.8 Å². The fourth-order valence-corrected chi connectivity index (χ4v) is 2.37. The van der Waals surface area contributed by atoms with E-state index in [1.807, 2.05) is 0 Å². The van der Waals surface area contributed by atoms with Crippen molar-refractivity contribution in [1.82, 2.24) is 0 Å². The molecule has 0 saturated carbocycles. The van der Waals surface area contributed by atoms with E-state index in [4.69, 9.17) is 16.3 Å². The average molecular weight is 282 g/mol. The summed E-state index contributed by atoms with van der Waals surface area (Å²) in [4.78, 5) is 36.4. The molecule has 1 aromatic carbocycles. The molecule has 0 bridgehead atoms. The molecular weight excluding hydrogens is 270 g/mol. The van der Waals surface area contributed by atoms with Crippen molar-refractivity contribution in [1.29, 1.82) is 0 Å². The van der Waals surface area contributed by atoms with Crippen LogP contribution in [0.4, 0.5) is 5.69 Å². The lowest BCUT2D eigenvalue weighted by molar-refractivity contribution is -0.142. The standard InChI is InChI=1S/C13H12ClNO4/c1-3-19-10(16)6-15-11-7(2)4-8(14)5-9(11)12(17)13(15)18/h4-5H,3,6H2,1-2H3. The molecule has 0 spiro atoms. The van der Waals surface area contributed by atoms with E-state index in [-0.39, 0.29) is 18.7 Å². The molecule has 2 rings (SSSR count). The van der Waals surface area contributed by atoms with Crippen LogP contribution in [0.25, 0.3) is 0 Å². The molecule has 1 heterocycles. The fourth-order valence-electron chi connectivity index (χ4n) is 2.09. The quantitative estimate of drug-likeness (QED) is 0.625. The smallest absolute Gasteiger partial charge is 0.326 e. The van der Waals surface area contributed by atoms with Gasteiger partial charge in [-0.2, -0.15) is 0 Å². The maximum Gasteiger partial charge on any atom is 0.326 e. The first-order valence-electron chi connectivity index (χ1n) is 5.77. The van der Waals surface area contributed by atoms with Gasteiger partial charge in [0.25, 0.3) is 11.7 Å². The normalized spacial score (nSPS) is 13.7. The van der Waals surface area contributed by atoms with Crippen LogP contribution in [0.3, 0.4) is 0 Å². The van der Waals surface area contributed by atoms with Crippen LogP contribution in [0.2, 0.25) is 5.02 Å². The molecule has 0 fully saturated rings. The van der Waals surface area contributed by atoms with E-state index in [2.05, 4.69) is 0 Å². The van der Waals surface area contributed by atoms with Crippen molar-refractivity contribution >= 4 is 34.9 Å². The summed E-state index contributed by atoms with van der Waals surface area (Å²) in [6.45, 7) is 3.36. The number of carbonyl (C=O) groups is 3. The molecule has 0 aromatic heterocycles. The Labute approximate surface area is 115 Å². The predicted molar refractivity (Wildman–Crippen MR) is 69.5 cm³/mol. The second-order valence-electron chi connectivity index (χ2n) is 4.14. The summed E-state index contributed by atoms with van der Waals surface area (Å²) in [5.41, 5.74) is 1.35. The van der Waals surface area contributed by atoms with Crippen molar-refractivity contribution in [3.05, 3.63) is 28.3 Å². The molecule has 0 unspecified atom stereocenters. The van der Waals surface area contributed by atoms with Gasteiger partial charge in [0.2, 0.25) is 0 Å². The molecule has 0 atom stereocenters. The van der Waals surface area contributed by atoms with Crippen LogP contribution in [-0.4, -0.2) is 30.8 Å². The highest BCUT2D eigenvalue weighted by molar-refractivity contribution is 6.53. The number of ether oxygens (including phenoxy) is 1. The Kier molecular flexibility index (Phi) is 3.57. The van der Waals surface area contributed by atoms with Gasteiger partial charge in [-0.1, -0.05) is 11.6 Å². The summed E-state index contributed by atoms with van der Waals surface area (Å²) in [5, 5.41) is 0.385. The minimum Gasteiger partial charge on any atom is -0.465 e. The first kappa shape index (κ1) is 13.5. The van der Waals surface area contributed by atoms with Crippen molar-refractivity contribution < 1.29 is 19.1 Å². The monoisotopic (exact) mass is 281 g/mol. The molecule has 1 aromatic rings. The number of ketones is 1. The minimum absolute atomic E-state index is 0.223. The van der Waals surface area contributed by atoms with Gasteiger partial charge in [0.05, 0.1) is 17.9 Å². The number of anilines is 1. The second-order valence-corrected chi connectivity index (χ2v) is 4.58. The summed E-state index contributed by atoms with van der Waals surface area (Å²) in [7, 11) is 0. The number of halogens is 1. The van der Waals surface area contributed by atoms with Gasteiger partial charge in [-0.15, -0.1) is 0 Å². The number of amides is 1. The van der Waals surface area contributed by atoms with Crippen molar-refractivity contribution in [2.24, 2.45) is 0 Å². The Balaban J connectivity index is 2.41. The topological polar surface area (TPSA) is 63.7 Å². The number of nitrogens with zero attached hydrogens (tertiary/aromatic N) is 1. The molecular formula is C13H12ClNO4. The Bertz CT molecular complexity index is 582. The summed E-state index contributed by atoms with van der Waals surface area (Å²) in [5.74, 6) is -1.93. The van der Waals surface area contributed by atoms with Gasteiger partial charge in [-0.05, 0) is 31.5 Å². The molecule has 0 radical (unpaired) electrons. The van der Waals surface area contributed by atoms with Gasteiger partial charge in [0.1, 0.15) is 6.54 Å². The fraction of sp³-hybridized carbons (Fsp3) is 0.308. The molecule has 0 N–H and O–H groups in total. The van der Waals surface area contributed by atoms with Crippen molar-refractivity contribution in [3.63, 3.8) is 0 Å². The maximum absolute atomic E-state index is 11.9. The van der Waals surface area contributed by atoms with Crippen LogP contribution in [0, 0.1) is 6.92 Å². The highest BCUT2D eigenvalue weighted by atomic mass is 35.5. The number of fused-ring (bicyclic) bond motifs is 1. The number of hydrogen-bond donors (Lipinski definition) is 0. The average Bonchev–Trinajstić information content (AvgIpc) is 2.55. The molecule has 1 amide bonds. The summed E-state index contributed by atoms with van der Waals surface area (Å²) in [6.07, 6.45) is 0. The SMILES string of the molecule is CCOC(=O)CN1C(=O)C(=O)c2cc(Cl)cc(C)c21. The molecule has 5 nitrogen and oxygen atoms in total. The lowest BCUT2D eigenvalue weighted by Crippen LogP contribution is -2.35. The van der Waals surface area contributed by atoms with Gasteiger partial charge in [0.15, 0.2) is 0 Å². The van der Waals surface area contributed by atoms with Gasteiger partial charge < -0.3 is 4.74 Å². The second kappa shape index (κ2) is 5.01. The molecule has 1 aliphatic rings. The van der Waals surface area contributed by atoms with Crippen molar-refractivity contribution in [3.8, 4) is 0 Å². The molecule has 0 aliphatic carbocycles. The van der Waals surface area contributed by atoms with Crippen molar-refractivity contribution in [2.45, 2.75) is 13.8 Å². The molecule has 6 heteroatoms. The van der Waals surface area contributed by atoms with Crippen LogP contribution < -0.4 is 4.90 Å². The third kappa shape index (κ3) is 2.33. The van der Waals surface area contributed by atoms with E-state index in [0.29, 0.717) is 16.3 Å². The van der Waals surface area contributed by atoms with Crippen LogP contribution in [0.15, 0.2) is 12.1 Å². The highest BCUT2D eigenvalue weighted by Gasteiger charge is 2.38. The van der Waals surface area contributed by atoms with Gasteiger partial charge >= 0.3 is 5.97 Å². The van der Waals surface area contributed by atoms with Crippen molar-refractivity contribution in [2.75, 3.05) is 18.1 Å². The lowest BCUT2D eigenvalue weighted by atomic mass is 10.1. The van der Waals surface area contributed by atoms with Gasteiger partial charge in [0, 0.05) is 5.02 Å². The number of carbonyl (C=O) groups excluding carboxylic acids is 3. The number of aryl methyl sites for hydroxylation is 1. The van der Waals surface area contributed by atoms with Gasteiger partial charge in [-0.3, -0.25) is 19.3 Å². The third-order valence-corrected chi connectivity index (χ3v) is 3.03. The van der Waals surface area contributed by atoms with Gasteiger partial charge in [-0.25, -0.2) is 0 Å². The minimum atomic E-state index is -0.728. The zero-order chi connectivity index (χ0) is 14.2. The lowest BCUT2D eigenvalue weighted by Gasteiger charge is -2.17. The first-order chi connectivity index (χ1) is 8.95. The largest absolute Gasteiger partial charge is 0.465 e. The number of Topliss-reactive ketones (excluding diaryl/α,β-unsaturated/α-hetero) is 1. The Morgan fingerprint density at radius 1 is 1.37 bits per heavy atom. The zero-order valence-corrected chi connectivity index (χ0v) is 11.3. The maximum atomic E-state index is 11.9. The van der Waals surface area contributed by atoms with E-state index in [1.54, 1.807) is 19.9 Å². The summed E-state index contributed by atoms with van der Waals surface area (Å²) >= 11 is 5.87. The number of benzene rings is 1. The molecule has 19 heavy (non-hydrogen) atoms. The molecule has 100 valence electrons. The summed E-state index contributed by atoms with van der Waals surface area (Å²) in [6, 6.07) is 3.08. The van der Waals surface area contributed by atoms with E-state index < -0.39 is 17.7 Å². The zero-order valence-electron chi connectivity index (χ0n) is 10.5. The predicted octanol–water partition coefficient (Wildman–Crippen LogP) is 1.74. The van der Waals surface area contributed by atoms with Crippen LogP contribution in [0.5, 0.6) is 0 Å². The Hall–Kier alpha value is -1.88. The summed E-state index contributed by atoms with van der Waals surface area (Å²) < 4.78 is 4.80. The molecule has 1 aliphatic heterocycles. The van der Waals surface area contributed by atoms with E-state index in [9.17, 15) is 14.4 Å². The van der Waals surface area contributed by atoms with E-state index >= 15 is 0 Å². The Morgan fingerprint density at radius 3 is 2.68 bits per heavy atom. The van der Waals surface area contributed by atoms with Crippen LogP contribution >= 0.6 is 11.6 Å². The highest BCUT2D eigenvalue weighted by Crippen LogP contribution is 2.34. The number of hydrogen-bond acceptors (Lipinski definition) is 4. The third-order valence-electron chi connectivity index (χ3n) is 2.81. The molecule has 0 saturated heterocycles. The first-order valence-corrected chi connectivity index (χ1v) is 6.15. The van der Waals surface area contributed by atoms with Crippen LogP contribution in [-0.2, 0) is 14.3 Å². The number of rotatable bonds is 3. The number of esters is 1.